The summed E-state index contributed by atoms with van der Waals surface area (Å²) in [5.41, 5.74) is 3.24. The van der Waals surface area contributed by atoms with Crippen LogP contribution in [-0.4, -0.2) is 43.9 Å². The topological polar surface area (TPSA) is 38.8 Å². The molecule has 0 aromatic heterocycles. The highest BCUT2D eigenvalue weighted by molar-refractivity contribution is 5.68. The van der Waals surface area contributed by atoms with Gasteiger partial charge in [-0.3, -0.25) is 0 Å². The number of piperidine rings is 1. The summed E-state index contributed by atoms with van der Waals surface area (Å²) in [6.07, 6.45) is 5.57. The molecule has 100 valence electrons. The summed E-state index contributed by atoms with van der Waals surface area (Å²) in [6, 6.07) is 0. The number of likely N-dealkylation sites (tertiary alicyclic amines) is 1. The van der Waals surface area contributed by atoms with Gasteiger partial charge in [-0.25, -0.2) is 4.79 Å². The number of hydrogen-bond acceptors (Lipinski definition) is 3. The molecular formula is C14H21NO3. The molecule has 0 aromatic carbocycles. The molecule has 3 aliphatic rings. The lowest BCUT2D eigenvalue weighted by atomic mass is 10.0. The van der Waals surface area contributed by atoms with Gasteiger partial charge in [0.1, 0.15) is 0 Å². The molecule has 1 atom stereocenters. The Labute approximate surface area is 108 Å². The lowest BCUT2D eigenvalue weighted by molar-refractivity contribution is 0.0809. The molecule has 0 aromatic rings. The minimum absolute atomic E-state index is 0.137. The molecule has 2 saturated heterocycles. The van der Waals surface area contributed by atoms with Crippen molar-refractivity contribution in [1.29, 1.82) is 0 Å². The van der Waals surface area contributed by atoms with Crippen molar-refractivity contribution in [2.45, 2.75) is 32.1 Å². The predicted molar refractivity (Wildman–Crippen MR) is 67.3 cm³/mol. The Morgan fingerprint density at radius 1 is 1.22 bits per heavy atom. The fraction of sp³-hybridized carbons (Fsp3) is 0.786. The van der Waals surface area contributed by atoms with E-state index in [2.05, 4.69) is 0 Å². The molecule has 1 saturated carbocycles. The van der Waals surface area contributed by atoms with Gasteiger partial charge in [0.25, 0.3) is 0 Å². The normalized spacial score (nSPS) is 27.6. The molecule has 3 rings (SSSR count). The standard InChI is InChI=1S/C14H21NO3/c16-14(18-10-11-5-8-17-9-11)15-6-3-13(4-7-15)12-1-2-12/h11H,1-10H2. The molecule has 0 bridgehead atoms. The summed E-state index contributed by atoms with van der Waals surface area (Å²) in [7, 11) is 0. The minimum atomic E-state index is -0.137. The first kappa shape index (κ1) is 12.0. The van der Waals surface area contributed by atoms with Gasteiger partial charge in [-0.1, -0.05) is 11.1 Å². The van der Waals surface area contributed by atoms with Crippen molar-refractivity contribution < 1.29 is 14.3 Å². The fourth-order valence-electron chi connectivity index (χ4n) is 2.72. The third-order valence-electron chi connectivity index (χ3n) is 4.09. The summed E-state index contributed by atoms with van der Waals surface area (Å²) in [4.78, 5) is 13.7. The van der Waals surface area contributed by atoms with E-state index in [4.69, 9.17) is 9.47 Å². The van der Waals surface area contributed by atoms with Crippen LogP contribution < -0.4 is 0 Å². The summed E-state index contributed by atoms with van der Waals surface area (Å²) in [5.74, 6) is 0.405. The fourth-order valence-corrected chi connectivity index (χ4v) is 2.72. The number of hydrogen-bond donors (Lipinski definition) is 0. The quantitative estimate of drug-likeness (QED) is 0.707. The van der Waals surface area contributed by atoms with E-state index in [0.717, 1.165) is 45.6 Å². The van der Waals surface area contributed by atoms with Crippen LogP contribution in [0.3, 0.4) is 0 Å². The first-order chi connectivity index (χ1) is 8.83. The Bertz CT molecular complexity index is 342. The number of nitrogens with zero attached hydrogens (tertiary/aromatic N) is 1. The zero-order chi connectivity index (χ0) is 12.4. The van der Waals surface area contributed by atoms with Crippen molar-refractivity contribution in [2.24, 2.45) is 5.92 Å². The molecule has 1 amide bonds. The van der Waals surface area contributed by atoms with E-state index < -0.39 is 0 Å². The van der Waals surface area contributed by atoms with Crippen LogP contribution in [0.15, 0.2) is 11.1 Å². The molecule has 2 aliphatic heterocycles. The van der Waals surface area contributed by atoms with Gasteiger partial charge in [-0.15, -0.1) is 0 Å². The molecule has 0 N–H and O–H groups in total. The van der Waals surface area contributed by atoms with Crippen molar-refractivity contribution in [3.8, 4) is 0 Å². The maximum atomic E-state index is 11.9. The lowest BCUT2D eigenvalue weighted by Gasteiger charge is -2.28. The Morgan fingerprint density at radius 3 is 2.56 bits per heavy atom. The van der Waals surface area contributed by atoms with E-state index >= 15 is 0 Å². The summed E-state index contributed by atoms with van der Waals surface area (Å²) < 4.78 is 10.6. The van der Waals surface area contributed by atoms with Crippen LogP contribution in [0.25, 0.3) is 0 Å². The van der Waals surface area contributed by atoms with Crippen molar-refractivity contribution in [3.63, 3.8) is 0 Å². The second-order valence-corrected chi connectivity index (χ2v) is 5.50. The maximum absolute atomic E-state index is 11.9. The highest BCUT2D eigenvalue weighted by atomic mass is 16.6. The van der Waals surface area contributed by atoms with E-state index in [9.17, 15) is 4.79 Å². The Kier molecular flexibility index (Phi) is 3.55. The average molecular weight is 251 g/mol. The summed E-state index contributed by atoms with van der Waals surface area (Å²) >= 11 is 0. The highest BCUT2D eigenvalue weighted by Gasteiger charge is 2.26. The van der Waals surface area contributed by atoms with Gasteiger partial charge >= 0.3 is 6.09 Å². The maximum Gasteiger partial charge on any atom is 0.409 e. The van der Waals surface area contributed by atoms with Crippen molar-refractivity contribution in [2.75, 3.05) is 32.9 Å². The molecule has 3 fully saturated rings. The molecule has 1 unspecified atom stereocenters. The number of amides is 1. The molecule has 2 heterocycles. The van der Waals surface area contributed by atoms with Gasteiger partial charge < -0.3 is 14.4 Å². The second-order valence-electron chi connectivity index (χ2n) is 5.50. The number of carbonyl (C=O) groups excluding carboxylic acids is 1. The van der Waals surface area contributed by atoms with Crippen LogP contribution >= 0.6 is 0 Å². The smallest absolute Gasteiger partial charge is 0.409 e. The van der Waals surface area contributed by atoms with Crippen LogP contribution in [0, 0.1) is 5.92 Å². The zero-order valence-corrected chi connectivity index (χ0v) is 10.8. The van der Waals surface area contributed by atoms with Crippen LogP contribution in [0.4, 0.5) is 4.79 Å². The van der Waals surface area contributed by atoms with E-state index in [1.807, 2.05) is 4.90 Å². The Balaban J connectivity index is 1.41. The van der Waals surface area contributed by atoms with Crippen LogP contribution in [0.2, 0.25) is 0 Å². The van der Waals surface area contributed by atoms with E-state index in [1.54, 1.807) is 11.1 Å². The largest absolute Gasteiger partial charge is 0.449 e. The summed E-state index contributed by atoms with van der Waals surface area (Å²) in [5, 5.41) is 0. The second kappa shape index (κ2) is 5.31. The van der Waals surface area contributed by atoms with Gasteiger partial charge in [0.2, 0.25) is 0 Å². The van der Waals surface area contributed by atoms with Crippen molar-refractivity contribution >= 4 is 6.09 Å². The first-order valence-corrected chi connectivity index (χ1v) is 7.02. The van der Waals surface area contributed by atoms with Gasteiger partial charge in [-0.2, -0.15) is 0 Å². The molecule has 18 heavy (non-hydrogen) atoms. The van der Waals surface area contributed by atoms with Gasteiger partial charge in [0, 0.05) is 25.6 Å². The van der Waals surface area contributed by atoms with E-state index in [1.165, 1.54) is 12.8 Å². The number of allylic oxidation sites excluding steroid dienone is 1. The molecular weight excluding hydrogens is 230 g/mol. The SMILES string of the molecule is O=C(OCC1CCOC1)N1CCC(=C2CC2)CC1. The first-order valence-electron chi connectivity index (χ1n) is 7.02. The van der Waals surface area contributed by atoms with Crippen LogP contribution in [-0.2, 0) is 9.47 Å². The zero-order valence-electron chi connectivity index (χ0n) is 10.8. The lowest BCUT2D eigenvalue weighted by Crippen LogP contribution is -2.37. The molecule has 0 spiro atoms. The van der Waals surface area contributed by atoms with Gasteiger partial charge in [-0.05, 0) is 32.1 Å². The van der Waals surface area contributed by atoms with Crippen molar-refractivity contribution in [1.82, 2.24) is 4.90 Å². The van der Waals surface area contributed by atoms with Gasteiger partial charge in [0.05, 0.1) is 13.2 Å². The predicted octanol–water partition coefficient (Wildman–Crippen LogP) is 2.35. The number of ether oxygens (including phenoxy) is 2. The van der Waals surface area contributed by atoms with E-state index in [0.29, 0.717) is 12.5 Å². The van der Waals surface area contributed by atoms with Gasteiger partial charge in [0.15, 0.2) is 0 Å². The van der Waals surface area contributed by atoms with Crippen molar-refractivity contribution in [3.05, 3.63) is 11.1 Å². The van der Waals surface area contributed by atoms with Crippen LogP contribution in [0.1, 0.15) is 32.1 Å². The molecule has 4 heteroatoms. The number of carbonyl (C=O) groups is 1. The molecule has 0 radical (unpaired) electrons. The molecule has 1 aliphatic carbocycles. The summed E-state index contributed by atoms with van der Waals surface area (Å²) in [6.45, 7) is 3.73. The number of rotatable bonds is 2. The average Bonchev–Trinajstić information content (AvgIpc) is 3.13. The molecule has 4 nitrogen and oxygen atoms in total. The minimum Gasteiger partial charge on any atom is -0.449 e. The third kappa shape index (κ3) is 2.86. The Hall–Kier alpha value is -1.03. The highest BCUT2D eigenvalue weighted by Crippen LogP contribution is 2.36. The monoisotopic (exact) mass is 251 g/mol. The Morgan fingerprint density at radius 2 is 1.94 bits per heavy atom. The van der Waals surface area contributed by atoms with E-state index in [-0.39, 0.29) is 6.09 Å². The third-order valence-corrected chi connectivity index (χ3v) is 4.09. The van der Waals surface area contributed by atoms with Crippen LogP contribution in [0.5, 0.6) is 0 Å².